The van der Waals surface area contributed by atoms with Gasteiger partial charge in [-0.05, 0) is 66.8 Å². The molecule has 2 aliphatic carbocycles. The minimum Gasteiger partial charge on any atom is -0.478 e. The molecular formula is C29H42O9. The molecule has 6 atom stereocenters. The van der Waals surface area contributed by atoms with Crippen molar-refractivity contribution in [3.05, 3.63) is 34.9 Å². The second kappa shape index (κ2) is 12.6. The van der Waals surface area contributed by atoms with Crippen LogP contribution in [0.4, 0.5) is 0 Å². The van der Waals surface area contributed by atoms with Crippen LogP contribution in [0.5, 0.6) is 0 Å². The summed E-state index contributed by atoms with van der Waals surface area (Å²) in [7, 11) is 0. The maximum Gasteiger partial charge on any atom is 0.336 e. The lowest BCUT2D eigenvalue weighted by molar-refractivity contribution is -0.181. The number of carboxylic acids is 1. The van der Waals surface area contributed by atoms with Gasteiger partial charge in [-0.1, -0.05) is 45.9 Å². The number of allylic oxidation sites excluding steroid dienone is 3. The Morgan fingerprint density at radius 2 is 1.82 bits per heavy atom. The van der Waals surface area contributed by atoms with Crippen LogP contribution >= 0.6 is 0 Å². The first-order valence-corrected chi connectivity index (χ1v) is 13.5. The average molecular weight is 535 g/mol. The van der Waals surface area contributed by atoms with E-state index in [-0.39, 0.29) is 54.5 Å². The standard InChI is InChI=1S/C29H42O9/c1-16(2)22-6-5-18(12-30)9-19(22)10-20(13-31)27(34)38-15-29(36)8-7-23(17(3)4)24-11-21(26(32)33)14-37-28(35)25(24)29/h9-11,16-17,19,22-25,30-31,36H,5-8,12-15H2,1-4H3,(H,32,33)/t19-,22-,23-,24-,25-,29-/m1/s1. The molecule has 0 spiro atoms. The van der Waals surface area contributed by atoms with E-state index >= 15 is 0 Å². The van der Waals surface area contributed by atoms with Crippen LogP contribution in [0.25, 0.3) is 0 Å². The number of cyclic esters (lactones) is 1. The van der Waals surface area contributed by atoms with Gasteiger partial charge in [-0.25, -0.2) is 9.59 Å². The maximum absolute atomic E-state index is 13.0. The van der Waals surface area contributed by atoms with Crippen molar-refractivity contribution < 1.29 is 44.3 Å². The fourth-order valence-electron chi connectivity index (χ4n) is 6.36. The Labute approximate surface area is 224 Å². The lowest BCUT2D eigenvalue weighted by Crippen LogP contribution is -2.55. The third-order valence-electron chi connectivity index (χ3n) is 8.58. The van der Waals surface area contributed by atoms with Crippen molar-refractivity contribution in [1.29, 1.82) is 0 Å². The van der Waals surface area contributed by atoms with Gasteiger partial charge < -0.3 is 29.9 Å². The van der Waals surface area contributed by atoms with Crippen LogP contribution in [0.2, 0.25) is 0 Å². The Kier molecular flexibility index (Phi) is 9.95. The summed E-state index contributed by atoms with van der Waals surface area (Å²) in [6.07, 6.45) is 7.46. The van der Waals surface area contributed by atoms with Crippen LogP contribution < -0.4 is 0 Å². The number of aliphatic hydroxyl groups is 3. The molecule has 0 aromatic heterocycles. The van der Waals surface area contributed by atoms with Crippen LogP contribution in [0.3, 0.4) is 0 Å². The smallest absolute Gasteiger partial charge is 0.336 e. The molecular weight excluding hydrogens is 492 g/mol. The lowest BCUT2D eigenvalue weighted by atomic mass is 9.61. The Bertz CT molecular complexity index is 992. The summed E-state index contributed by atoms with van der Waals surface area (Å²) >= 11 is 0. The third-order valence-corrected chi connectivity index (χ3v) is 8.58. The Balaban J connectivity index is 1.84. The van der Waals surface area contributed by atoms with E-state index < -0.39 is 48.6 Å². The van der Waals surface area contributed by atoms with E-state index in [4.69, 9.17) is 9.47 Å². The minimum absolute atomic E-state index is 0.0364. The first-order valence-electron chi connectivity index (χ1n) is 13.5. The van der Waals surface area contributed by atoms with E-state index in [1.807, 2.05) is 19.9 Å². The van der Waals surface area contributed by atoms with Crippen molar-refractivity contribution in [2.24, 2.45) is 41.4 Å². The van der Waals surface area contributed by atoms with Gasteiger partial charge in [0, 0.05) is 0 Å². The van der Waals surface area contributed by atoms with Crippen LogP contribution in [-0.2, 0) is 23.9 Å². The van der Waals surface area contributed by atoms with Crippen molar-refractivity contribution in [1.82, 2.24) is 0 Å². The monoisotopic (exact) mass is 534 g/mol. The van der Waals surface area contributed by atoms with E-state index in [0.717, 1.165) is 18.4 Å². The molecule has 1 aliphatic heterocycles. The number of hydrogen-bond acceptors (Lipinski definition) is 8. The third kappa shape index (κ3) is 6.55. The summed E-state index contributed by atoms with van der Waals surface area (Å²) < 4.78 is 10.7. The highest BCUT2D eigenvalue weighted by Crippen LogP contribution is 2.47. The zero-order valence-corrected chi connectivity index (χ0v) is 22.8. The number of hydrogen-bond donors (Lipinski definition) is 4. The molecule has 9 nitrogen and oxygen atoms in total. The summed E-state index contributed by atoms with van der Waals surface area (Å²) in [4.78, 5) is 37.8. The predicted molar refractivity (Wildman–Crippen MR) is 139 cm³/mol. The molecule has 4 N–H and O–H groups in total. The van der Waals surface area contributed by atoms with Gasteiger partial charge in [-0.3, -0.25) is 4.79 Å². The Hall–Kier alpha value is -2.49. The zero-order valence-electron chi connectivity index (χ0n) is 22.8. The number of carbonyl (C=O) groups is 3. The number of ether oxygens (including phenoxy) is 2. The molecule has 0 bridgehead atoms. The van der Waals surface area contributed by atoms with Gasteiger partial charge in [0.2, 0.25) is 0 Å². The zero-order chi connectivity index (χ0) is 28.2. The molecule has 0 saturated heterocycles. The molecule has 1 heterocycles. The van der Waals surface area contributed by atoms with Crippen molar-refractivity contribution in [3.63, 3.8) is 0 Å². The second-order valence-electron chi connectivity index (χ2n) is 11.6. The maximum atomic E-state index is 13.0. The fourth-order valence-corrected chi connectivity index (χ4v) is 6.36. The largest absolute Gasteiger partial charge is 0.478 e. The molecule has 3 rings (SSSR count). The summed E-state index contributed by atoms with van der Waals surface area (Å²) in [5.74, 6) is -3.91. The van der Waals surface area contributed by atoms with E-state index in [9.17, 15) is 34.8 Å². The van der Waals surface area contributed by atoms with Crippen LogP contribution in [0.1, 0.15) is 53.4 Å². The number of rotatable bonds is 9. The van der Waals surface area contributed by atoms with Crippen LogP contribution in [-0.4, -0.2) is 70.4 Å². The Morgan fingerprint density at radius 3 is 2.39 bits per heavy atom. The van der Waals surface area contributed by atoms with Crippen molar-refractivity contribution in [2.75, 3.05) is 26.4 Å². The van der Waals surface area contributed by atoms with Crippen molar-refractivity contribution in [2.45, 2.75) is 59.0 Å². The van der Waals surface area contributed by atoms with Gasteiger partial charge in [-0.15, -0.1) is 0 Å². The summed E-state index contributed by atoms with van der Waals surface area (Å²) in [5.41, 5.74) is -0.852. The highest BCUT2D eigenvalue weighted by molar-refractivity contribution is 5.89. The van der Waals surface area contributed by atoms with E-state index in [0.29, 0.717) is 12.3 Å². The first-order chi connectivity index (χ1) is 17.9. The molecule has 0 amide bonds. The number of aliphatic hydroxyl groups excluding tert-OH is 2. The number of aliphatic carboxylic acids is 1. The Morgan fingerprint density at radius 1 is 1.13 bits per heavy atom. The molecule has 212 valence electrons. The normalized spacial score (nSPS) is 32.2. The summed E-state index contributed by atoms with van der Waals surface area (Å²) in [6, 6.07) is 0. The number of carbonyl (C=O) groups excluding carboxylic acids is 2. The predicted octanol–water partition coefficient (Wildman–Crippen LogP) is 2.65. The molecule has 9 heteroatoms. The molecule has 0 aromatic carbocycles. The molecule has 0 aromatic rings. The van der Waals surface area contributed by atoms with Gasteiger partial charge in [0.25, 0.3) is 0 Å². The van der Waals surface area contributed by atoms with Crippen LogP contribution in [0, 0.1) is 41.4 Å². The molecule has 1 fully saturated rings. The summed E-state index contributed by atoms with van der Waals surface area (Å²) in [5, 5.41) is 40.7. The van der Waals surface area contributed by atoms with Gasteiger partial charge in [-0.2, -0.15) is 0 Å². The highest BCUT2D eigenvalue weighted by Gasteiger charge is 2.54. The van der Waals surface area contributed by atoms with Crippen LogP contribution in [0.15, 0.2) is 34.9 Å². The molecule has 3 aliphatic rings. The van der Waals surface area contributed by atoms with Gasteiger partial charge in [0.05, 0.1) is 30.3 Å². The van der Waals surface area contributed by atoms with Gasteiger partial charge >= 0.3 is 17.9 Å². The SMILES string of the molecule is CC(C)[C@H]1CCC(CO)=C[C@@H]1C=C(CO)C(=O)OC[C@]1(O)CC[C@H](C(C)C)[C@H]2C=C(C(=O)O)COC(=O)[C@@H]21. The molecule has 0 unspecified atom stereocenters. The van der Waals surface area contributed by atoms with Gasteiger partial charge in [0.15, 0.2) is 0 Å². The average Bonchev–Trinajstić information content (AvgIpc) is 3.05. The highest BCUT2D eigenvalue weighted by atomic mass is 16.6. The first kappa shape index (κ1) is 30.1. The number of carboxylic acid groups (broad SMARTS) is 1. The summed E-state index contributed by atoms with van der Waals surface area (Å²) in [6.45, 7) is 6.66. The second-order valence-corrected chi connectivity index (χ2v) is 11.6. The molecule has 1 saturated carbocycles. The van der Waals surface area contributed by atoms with E-state index in [1.165, 1.54) is 6.08 Å². The topological polar surface area (TPSA) is 151 Å². The minimum atomic E-state index is -1.75. The van der Waals surface area contributed by atoms with E-state index in [1.54, 1.807) is 6.08 Å². The number of fused-ring (bicyclic) bond motifs is 1. The lowest BCUT2D eigenvalue weighted by Gasteiger charge is -2.46. The van der Waals surface area contributed by atoms with Gasteiger partial charge in [0.1, 0.15) is 18.8 Å². The fraction of sp³-hybridized carbons (Fsp3) is 0.690. The van der Waals surface area contributed by atoms with E-state index in [2.05, 4.69) is 13.8 Å². The quantitative estimate of drug-likeness (QED) is 0.199. The number of esters is 2. The van der Waals surface area contributed by atoms with Crippen molar-refractivity contribution >= 4 is 17.9 Å². The molecule has 38 heavy (non-hydrogen) atoms. The molecule has 0 radical (unpaired) electrons. The van der Waals surface area contributed by atoms with Crippen molar-refractivity contribution in [3.8, 4) is 0 Å².